The van der Waals surface area contributed by atoms with Crippen LogP contribution in [0.15, 0.2) is 12.3 Å². The highest BCUT2D eigenvalue weighted by Crippen LogP contribution is 2.33. The van der Waals surface area contributed by atoms with E-state index in [0.717, 1.165) is 13.1 Å². The number of carboxylic acids is 1. The summed E-state index contributed by atoms with van der Waals surface area (Å²) < 4.78 is 39.2. The fourth-order valence-corrected chi connectivity index (χ4v) is 1.79. The SMILES string of the molecule is CC(C(=O)O)n1c(C(F)(F)F)nc2cc(Cl)cnc21. The van der Waals surface area contributed by atoms with E-state index in [1.165, 1.54) is 6.07 Å². The molecule has 0 aliphatic heterocycles. The fourth-order valence-electron chi connectivity index (χ4n) is 1.63. The number of fused-ring (bicyclic) bond motifs is 1. The van der Waals surface area contributed by atoms with E-state index in [1.54, 1.807) is 0 Å². The van der Waals surface area contributed by atoms with Gasteiger partial charge in [0.1, 0.15) is 11.6 Å². The van der Waals surface area contributed by atoms with Gasteiger partial charge < -0.3 is 5.11 Å². The molecule has 0 bridgehead atoms. The number of aliphatic carboxylic acids is 1. The second-order valence-corrected chi connectivity index (χ2v) is 4.25. The highest BCUT2D eigenvalue weighted by atomic mass is 35.5. The van der Waals surface area contributed by atoms with E-state index in [9.17, 15) is 18.0 Å². The Bertz CT molecular complexity index is 653. The Labute approximate surface area is 109 Å². The molecule has 0 radical (unpaired) electrons. The molecule has 9 heteroatoms. The first kappa shape index (κ1) is 13.6. The number of hydrogen-bond donors (Lipinski definition) is 1. The summed E-state index contributed by atoms with van der Waals surface area (Å²) in [6.45, 7) is 1.12. The summed E-state index contributed by atoms with van der Waals surface area (Å²) in [5, 5.41) is 9.01. The van der Waals surface area contributed by atoms with Crippen molar-refractivity contribution in [2.45, 2.75) is 19.1 Å². The summed E-state index contributed by atoms with van der Waals surface area (Å²) in [7, 11) is 0. The molecule has 5 nitrogen and oxygen atoms in total. The van der Waals surface area contributed by atoms with Gasteiger partial charge in [-0.3, -0.25) is 4.57 Å². The van der Waals surface area contributed by atoms with E-state index in [0.29, 0.717) is 4.57 Å². The number of pyridine rings is 1. The van der Waals surface area contributed by atoms with Crippen LogP contribution in [0.1, 0.15) is 18.8 Å². The Balaban J connectivity index is 2.79. The van der Waals surface area contributed by atoms with Gasteiger partial charge in [-0.25, -0.2) is 14.8 Å². The van der Waals surface area contributed by atoms with Crippen LogP contribution in [0.3, 0.4) is 0 Å². The third kappa shape index (κ3) is 2.35. The molecule has 0 fully saturated rings. The van der Waals surface area contributed by atoms with Gasteiger partial charge in [-0.2, -0.15) is 13.2 Å². The number of aromatic nitrogens is 3. The van der Waals surface area contributed by atoms with E-state index >= 15 is 0 Å². The predicted octanol–water partition coefficient (Wildman–Crippen LogP) is 2.75. The highest BCUT2D eigenvalue weighted by molar-refractivity contribution is 6.31. The van der Waals surface area contributed by atoms with Crippen molar-refractivity contribution in [2.24, 2.45) is 0 Å². The lowest BCUT2D eigenvalue weighted by atomic mass is 10.3. The van der Waals surface area contributed by atoms with E-state index in [1.807, 2.05) is 0 Å². The lowest BCUT2D eigenvalue weighted by Crippen LogP contribution is -2.23. The number of hydrogen-bond acceptors (Lipinski definition) is 3. The van der Waals surface area contributed by atoms with Crippen LogP contribution in [0.4, 0.5) is 13.2 Å². The lowest BCUT2D eigenvalue weighted by molar-refractivity contribution is -0.150. The Hall–Kier alpha value is -1.83. The van der Waals surface area contributed by atoms with Gasteiger partial charge in [0.05, 0.1) is 5.02 Å². The van der Waals surface area contributed by atoms with Gasteiger partial charge in [0.25, 0.3) is 0 Å². The first-order valence-electron chi connectivity index (χ1n) is 5.05. The Morgan fingerprint density at radius 1 is 1.53 bits per heavy atom. The van der Waals surface area contributed by atoms with Crippen LogP contribution in [0.25, 0.3) is 11.2 Å². The van der Waals surface area contributed by atoms with Crippen LogP contribution < -0.4 is 0 Å². The normalized spacial score (nSPS) is 13.7. The van der Waals surface area contributed by atoms with Crippen LogP contribution in [-0.4, -0.2) is 25.6 Å². The molecular formula is C10H7ClF3N3O2. The summed E-state index contributed by atoms with van der Waals surface area (Å²) >= 11 is 5.63. The van der Waals surface area contributed by atoms with Crippen LogP contribution >= 0.6 is 11.6 Å². The summed E-state index contributed by atoms with van der Waals surface area (Å²) in [5.41, 5.74) is -0.278. The van der Waals surface area contributed by atoms with E-state index in [2.05, 4.69) is 9.97 Å². The molecule has 2 aromatic heterocycles. The van der Waals surface area contributed by atoms with Crippen LogP contribution in [-0.2, 0) is 11.0 Å². The monoisotopic (exact) mass is 293 g/mol. The largest absolute Gasteiger partial charge is 0.480 e. The van der Waals surface area contributed by atoms with Crippen molar-refractivity contribution in [3.05, 3.63) is 23.1 Å². The minimum Gasteiger partial charge on any atom is -0.480 e. The molecule has 102 valence electrons. The van der Waals surface area contributed by atoms with Crippen LogP contribution in [0.2, 0.25) is 5.02 Å². The molecule has 2 rings (SSSR count). The number of alkyl halides is 3. The molecule has 2 aromatic rings. The molecule has 0 aliphatic carbocycles. The van der Waals surface area contributed by atoms with Gasteiger partial charge in [0, 0.05) is 6.20 Å². The Morgan fingerprint density at radius 3 is 2.68 bits per heavy atom. The highest BCUT2D eigenvalue weighted by Gasteiger charge is 2.40. The van der Waals surface area contributed by atoms with Gasteiger partial charge in [0.2, 0.25) is 5.82 Å². The zero-order valence-corrected chi connectivity index (χ0v) is 10.2. The smallest absolute Gasteiger partial charge is 0.449 e. The summed E-state index contributed by atoms with van der Waals surface area (Å²) in [6, 6.07) is -0.250. The van der Waals surface area contributed by atoms with Crippen molar-refractivity contribution in [1.82, 2.24) is 14.5 Å². The van der Waals surface area contributed by atoms with Crippen LogP contribution in [0, 0.1) is 0 Å². The molecule has 0 saturated heterocycles. The Morgan fingerprint density at radius 2 is 2.16 bits per heavy atom. The quantitative estimate of drug-likeness (QED) is 0.924. The summed E-state index contributed by atoms with van der Waals surface area (Å²) in [4.78, 5) is 18.0. The summed E-state index contributed by atoms with van der Waals surface area (Å²) in [5.74, 6) is -2.73. The second-order valence-electron chi connectivity index (χ2n) is 3.81. The number of rotatable bonds is 2. The van der Waals surface area contributed by atoms with Crippen LogP contribution in [0.5, 0.6) is 0 Å². The van der Waals surface area contributed by atoms with Gasteiger partial charge >= 0.3 is 12.1 Å². The molecule has 2 heterocycles. The third-order valence-corrected chi connectivity index (χ3v) is 2.70. The van der Waals surface area contributed by atoms with Gasteiger partial charge in [0.15, 0.2) is 5.65 Å². The predicted molar refractivity (Wildman–Crippen MR) is 59.9 cm³/mol. The number of carbonyl (C=O) groups is 1. The molecule has 0 aromatic carbocycles. The number of nitrogens with zero attached hydrogens (tertiary/aromatic N) is 3. The molecule has 1 atom stereocenters. The molecule has 0 saturated carbocycles. The van der Waals surface area contributed by atoms with E-state index in [-0.39, 0.29) is 16.2 Å². The average molecular weight is 294 g/mol. The third-order valence-electron chi connectivity index (χ3n) is 2.49. The van der Waals surface area contributed by atoms with Crippen molar-refractivity contribution >= 4 is 28.7 Å². The molecule has 1 N–H and O–H groups in total. The van der Waals surface area contributed by atoms with Crippen molar-refractivity contribution in [3.63, 3.8) is 0 Å². The summed E-state index contributed by atoms with van der Waals surface area (Å²) in [6.07, 6.45) is -3.65. The first-order chi connectivity index (χ1) is 8.71. The van der Waals surface area contributed by atoms with Crippen molar-refractivity contribution < 1.29 is 23.1 Å². The van der Waals surface area contributed by atoms with E-state index < -0.39 is 24.0 Å². The number of carboxylic acid groups (broad SMARTS) is 1. The Kier molecular flexibility index (Phi) is 3.13. The molecule has 0 amide bonds. The maximum Gasteiger partial charge on any atom is 0.449 e. The molecule has 19 heavy (non-hydrogen) atoms. The first-order valence-corrected chi connectivity index (χ1v) is 5.43. The minimum atomic E-state index is -4.78. The molecular weight excluding hydrogens is 287 g/mol. The van der Waals surface area contributed by atoms with Crippen molar-refractivity contribution in [1.29, 1.82) is 0 Å². The fraction of sp³-hybridized carbons (Fsp3) is 0.300. The maximum atomic E-state index is 12.9. The average Bonchev–Trinajstić information content (AvgIpc) is 2.65. The maximum absolute atomic E-state index is 12.9. The lowest BCUT2D eigenvalue weighted by Gasteiger charge is -2.14. The van der Waals surface area contributed by atoms with Crippen molar-refractivity contribution in [2.75, 3.05) is 0 Å². The topological polar surface area (TPSA) is 68.0 Å². The number of halogens is 4. The van der Waals surface area contributed by atoms with Gasteiger partial charge in [-0.1, -0.05) is 11.6 Å². The van der Waals surface area contributed by atoms with Gasteiger partial charge in [-0.05, 0) is 13.0 Å². The molecule has 0 spiro atoms. The molecule has 1 unspecified atom stereocenters. The standard InChI is InChI=1S/C10H7ClF3N3O2/c1-4(8(18)19)17-7-6(2-5(11)3-15-7)16-9(17)10(12,13)14/h2-4H,1H3,(H,18,19). The second kappa shape index (κ2) is 4.37. The van der Waals surface area contributed by atoms with Crippen molar-refractivity contribution in [3.8, 4) is 0 Å². The zero-order chi connectivity index (χ0) is 14.4. The zero-order valence-electron chi connectivity index (χ0n) is 9.44. The minimum absolute atomic E-state index is 0.104. The van der Waals surface area contributed by atoms with Gasteiger partial charge in [-0.15, -0.1) is 0 Å². The van der Waals surface area contributed by atoms with E-state index in [4.69, 9.17) is 16.7 Å². The number of imidazole rings is 1. The molecule has 0 aliphatic rings.